The number of nitro groups is 1. The second-order valence-corrected chi connectivity index (χ2v) is 8.33. The summed E-state index contributed by atoms with van der Waals surface area (Å²) < 4.78 is 5.59. The molecule has 2 amide bonds. The van der Waals surface area contributed by atoms with Crippen molar-refractivity contribution < 1.29 is 24.1 Å². The lowest BCUT2D eigenvalue weighted by Crippen LogP contribution is -2.37. The lowest BCUT2D eigenvalue weighted by Gasteiger charge is -2.28. The number of hydroxylamine groups is 1. The number of nitro benzene ring substituents is 1. The molecule has 2 heterocycles. The number of imide groups is 1. The normalized spacial score (nSPS) is 21.3. The lowest BCUT2D eigenvalue weighted by molar-refractivity contribution is -0.385. The van der Waals surface area contributed by atoms with Crippen LogP contribution in [0.2, 0.25) is 0 Å². The first-order valence-corrected chi connectivity index (χ1v) is 11.4. The van der Waals surface area contributed by atoms with Crippen molar-refractivity contribution in [2.24, 2.45) is 5.92 Å². The number of para-hydroxylation sites is 2. The summed E-state index contributed by atoms with van der Waals surface area (Å²) in [5.41, 5.74) is 1.16. The first-order valence-electron chi connectivity index (χ1n) is 11.4. The number of ether oxygens (including phenoxy) is 1. The Balaban J connectivity index is 1.55. The summed E-state index contributed by atoms with van der Waals surface area (Å²) in [5, 5.41) is 13.3. The van der Waals surface area contributed by atoms with E-state index in [0.717, 1.165) is 11.3 Å². The van der Waals surface area contributed by atoms with E-state index >= 15 is 0 Å². The van der Waals surface area contributed by atoms with Gasteiger partial charge in [0.25, 0.3) is 11.6 Å². The van der Waals surface area contributed by atoms with Crippen LogP contribution in [0.1, 0.15) is 24.9 Å². The summed E-state index contributed by atoms with van der Waals surface area (Å²) in [6, 6.07) is 21.0. The number of rotatable bonds is 7. The van der Waals surface area contributed by atoms with Crippen molar-refractivity contribution in [3.05, 3.63) is 94.5 Å². The summed E-state index contributed by atoms with van der Waals surface area (Å²) in [5.74, 6) is -1.30. The largest absolute Gasteiger partial charge is 0.494 e. The van der Waals surface area contributed by atoms with Crippen molar-refractivity contribution in [1.82, 2.24) is 0 Å². The fourth-order valence-electron chi connectivity index (χ4n) is 4.60. The number of benzene rings is 3. The molecular weight excluding hydrogens is 450 g/mol. The molecule has 2 saturated heterocycles. The van der Waals surface area contributed by atoms with Crippen LogP contribution >= 0.6 is 0 Å². The van der Waals surface area contributed by atoms with E-state index in [0.29, 0.717) is 29.3 Å². The Hall–Kier alpha value is -4.24. The quantitative estimate of drug-likeness (QED) is 0.284. The topological polar surface area (TPSA) is 102 Å². The molecular formula is C26H23N3O6. The number of carbonyl (C=O) groups is 2. The van der Waals surface area contributed by atoms with Crippen molar-refractivity contribution in [2.75, 3.05) is 16.6 Å². The zero-order chi connectivity index (χ0) is 24.5. The molecule has 0 spiro atoms. The van der Waals surface area contributed by atoms with Gasteiger partial charge in [-0.05, 0) is 48.9 Å². The van der Waals surface area contributed by atoms with E-state index in [9.17, 15) is 19.7 Å². The van der Waals surface area contributed by atoms with Crippen LogP contribution in [-0.2, 0) is 14.4 Å². The number of fused-ring (bicyclic) bond motifs is 1. The number of amides is 2. The van der Waals surface area contributed by atoms with Gasteiger partial charge < -0.3 is 4.74 Å². The smallest absolute Gasteiger partial charge is 0.274 e. The zero-order valence-corrected chi connectivity index (χ0v) is 18.9. The second kappa shape index (κ2) is 9.19. The molecule has 178 valence electrons. The van der Waals surface area contributed by atoms with Gasteiger partial charge in [-0.2, -0.15) is 0 Å². The van der Waals surface area contributed by atoms with E-state index in [1.54, 1.807) is 66.7 Å². The Morgan fingerprint density at radius 1 is 0.914 bits per heavy atom. The van der Waals surface area contributed by atoms with Crippen molar-refractivity contribution in [2.45, 2.75) is 25.5 Å². The summed E-state index contributed by atoms with van der Waals surface area (Å²) in [4.78, 5) is 45.6. The predicted molar refractivity (Wildman–Crippen MR) is 128 cm³/mol. The number of carbonyl (C=O) groups excluding carboxylic acids is 2. The van der Waals surface area contributed by atoms with Gasteiger partial charge in [0.1, 0.15) is 17.7 Å². The molecule has 3 atom stereocenters. The standard InChI is InChI=1S/C26H23N3O6/c1-2-16-34-19-14-12-17(13-15-19)27-25(30)22-23(20-10-6-7-11-21(20)29(32)33)28(35-24(22)26(27)31)18-8-4-3-5-9-18/h3-15,22-24H,2,16H2,1H3/t22-,23-,24+/m0/s1. The van der Waals surface area contributed by atoms with Crippen molar-refractivity contribution in [1.29, 1.82) is 0 Å². The van der Waals surface area contributed by atoms with Gasteiger partial charge in [-0.3, -0.25) is 24.5 Å². The van der Waals surface area contributed by atoms with Crippen LogP contribution < -0.4 is 14.7 Å². The summed E-state index contributed by atoms with van der Waals surface area (Å²) >= 11 is 0. The molecule has 2 fully saturated rings. The van der Waals surface area contributed by atoms with E-state index in [4.69, 9.17) is 9.57 Å². The monoisotopic (exact) mass is 473 g/mol. The van der Waals surface area contributed by atoms with Gasteiger partial charge in [0.15, 0.2) is 6.10 Å². The maximum atomic E-state index is 13.7. The predicted octanol–water partition coefficient (Wildman–Crippen LogP) is 4.43. The minimum Gasteiger partial charge on any atom is -0.494 e. The minimum absolute atomic E-state index is 0.140. The van der Waals surface area contributed by atoms with Crippen LogP contribution in [0.3, 0.4) is 0 Å². The van der Waals surface area contributed by atoms with Gasteiger partial charge in [0, 0.05) is 6.07 Å². The van der Waals surface area contributed by atoms with E-state index in [2.05, 4.69) is 0 Å². The highest BCUT2D eigenvalue weighted by molar-refractivity contribution is 6.24. The number of nitrogens with zero attached hydrogens (tertiary/aromatic N) is 3. The summed E-state index contributed by atoms with van der Waals surface area (Å²) in [7, 11) is 0. The third-order valence-corrected chi connectivity index (χ3v) is 6.15. The lowest BCUT2D eigenvalue weighted by atomic mass is 9.89. The van der Waals surface area contributed by atoms with Crippen LogP contribution in [0.5, 0.6) is 5.75 Å². The van der Waals surface area contributed by atoms with E-state index < -0.39 is 34.8 Å². The molecule has 3 aromatic rings. The highest BCUT2D eigenvalue weighted by atomic mass is 16.7. The molecule has 0 N–H and O–H groups in total. The molecule has 5 rings (SSSR count). The summed E-state index contributed by atoms with van der Waals surface area (Å²) in [6.07, 6.45) is -0.250. The molecule has 3 aromatic carbocycles. The van der Waals surface area contributed by atoms with Crippen molar-refractivity contribution in [3.63, 3.8) is 0 Å². The average Bonchev–Trinajstić information content (AvgIpc) is 3.39. The third-order valence-electron chi connectivity index (χ3n) is 6.15. The SMILES string of the molecule is CCCOc1ccc(N2C(=O)[C@@H]3[C@@H](ON(c4ccccc4)[C@H]3c3ccccc3[N+](=O)[O-])C2=O)cc1. The van der Waals surface area contributed by atoms with Crippen molar-refractivity contribution >= 4 is 28.9 Å². The fraction of sp³-hybridized carbons (Fsp3) is 0.231. The first-order chi connectivity index (χ1) is 17.0. The van der Waals surface area contributed by atoms with Gasteiger partial charge in [-0.1, -0.05) is 37.3 Å². The van der Waals surface area contributed by atoms with Gasteiger partial charge in [-0.15, -0.1) is 0 Å². The van der Waals surface area contributed by atoms with Gasteiger partial charge in [0.2, 0.25) is 5.91 Å². The molecule has 0 aromatic heterocycles. The average molecular weight is 473 g/mol. The highest BCUT2D eigenvalue weighted by Gasteiger charge is 2.61. The van der Waals surface area contributed by atoms with Gasteiger partial charge in [-0.25, -0.2) is 9.96 Å². The molecule has 9 heteroatoms. The molecule has 2 aliphatic rings. The maximum Gasteiger partial charge on any atom is 0.274 e. The Kier molecular flexibility index (Phi) is 5.92. The van der Waals surface area contributed by atoms with Gasteiger partial charge in [0.05, 0.1) is 28.5 Å². The maximum absolute atomic E-state index is 13.7. The molecule has 9 nitrogen and oxygen atoms in total. The molecule has 0 bridgehead atoms. The van der Waals surface area contributed by atoms with Crippen molar-refractivity contribution in [3.8, 4) is 5.75 Å². The Morgan fingerprint density at radius 2 is 1.60 bits per heavy atom. The van der Waals surface area contributed by atoms with Crippen LogP contribution in [0.25, 0.3) is 0 Å². The fourth-order valence-corrected chi connectivity index (χ4v) is 4.60. The van der Waals surface area contributed by atoms with E-state index in [-0.39, 0.29) is 5.69 Å². The third kappa shape index (κ3) is 3.89. The molecule has 0 radical (unpaired) electrons. The highest BCUT2D eigenvalue weighted by Crippen LogP contribution is 2.49. The Bertz CT molecular complexity index is 1260. The zero-order valence-electron chi connectivity index (χ0n) is 18.9. The number of hydrogen-bond acceptors (Lipinski definition) is 7. The van der Waals surface area contributed by atoms with E-state index in [1.165, 1.54) is 11.1 Å². The van der Waals surface area contributed by atoms with Crippen LogP contribution in [0.4, 0.5) is 17.1 Å². The Morgan fingerprint density at radius 3 is 2.29 bits per heavy atom. The molecule has 0 aliphatic carbocycles. The molecule has 0 saturated carbocycles. The first kappa shape index (κ1) is 22.5. The van der Waals surface area contributed by atoms with E-state index in [1.807, 2.05) is 13.0 Å². The number of anilines is 2. The second-order valence-electron chi connectivity index (χ2n) is 8.33. The van der Waals surface area contributed by atoms with Crippen LogP contribution in [0, 0.1) is 16.0 Å². The minimum atomic E-state index is -1.11. The molecule has 0 unspecified atom stereocenters. The summed E-state index contributed by atoms with van der Waals surface area (Å²) in [6.45, 7) is 2.56. The van der Waals surface area contributed by atoms with Crippen LogP contribution in [0.15, 0.2) is 78.9 Å². The number of hydrogen-bond donors (Lipinski definition) is 0. The van der Waals surface area contributed by atoms with Gasteiger partial charge >= 0.3 is 0 Å². The van der Waals surface area contributed by atoms with Crippen LogP contribution in [-0.4, -0.2) is 29.4 Å². The Labute approximate surface area is 201 Å². The molecule has 2 aliphatic heterocycles. The molecule has 35 heavy (non-hydrogen) atoms.